The Morgan fingerprint density at radius 2 is 1.87 bits per heavy atom. The average molecular weight is 524 g/mol. The fourth-order valence-corrected chi connectivity index (χ4v) is 5.85. The third kappa shape index (κ3) is 6.18. The molecule has 10 nitrogen and oxygen atoms in total. The fourth-order valence-electron chi connectivity index (χ4n) is 5.85. The monoisotopic (exact) mass is 523 g/mol. The van der Waals surface area contributed by atoms with E-state index in [1.54, 1.807) is 4.90 Å². The van der Waals surface area contributed by atoms with Gasteiger partial charge < -0.3 is 30.5 Å². The van der Waals surface area contributed by atoms with E-state index < -0.39 is 5.97 Å². The quantitative estimate of drug-likeness (QED) is 0.467. The molecule has 1 aromatic heterocycles. The number of nitrogens with two attached hydrogens (primary N) is 1. The summed E-state index contributed by atoms with van der Waals surface area (Å²) in [5, 5.41) is 12.3. The molecule has 3 heterocycles. The molecule has 1 aliphatic carbocycles. The van der Waals surface area contributed by atoms with Gasteiger partial charge in [0.05, 0.1) is 6.54 Å². The Morgan fingerprint density at radius 3 is 2.58 bits per heavy atom. The summed E-state index contributed by atoms with van der Waals surface area (Å²) in [6, 6.07) is 8.07. The molecule has 2 aliphatic heterocycles. The molecule has 38 heavy (non-hydrogen) atoms. The molecule has 5 rings (SSSR count). The third-order valence-electron chi connectivity index (χ3n) is 7.99. The predicted molar refractivity (Wildman–Crippen MR) is 144 cm³/mol. The maximum absolute atomic E-state index is 13.5. The maximum Gasteiger partial charge on any atom is 0.303 e. The van der Waals surface area contributed by atoms with Crippen molar-refractivity contribution in [2.24, 2.45) is 11.8 Å². The van der Waals surface area contributed by atoms with Crippen molar-refractivity contribution in [2.45, 2.75) is 57.3 Å². The third-order valence-corrected chi connectivity index (χ3v) is 7.99. The molecule has 1 saturated heterocycles. The lowest BCUT2D eigenvalue weighted by Crippen LogP contribution is -2.32. The minimum atomic E-state index is -0.714. The van der Waals surface area contributed by atoms with Gasteiger partial charge in [-0.15, -0.1) is 0 Å². The van der Waals surface area contributed by atoms with Gasteiger partial charge in [-0.3, -0.25) is 9.59 Å². The highest BCUT2D eigenvalue weighted by molar-refractivity contribution is 6.10. The van der Waals surface area contributed by atoms with Crippen molar-refractivity contribution in [3.8, 4) is 5.88 Å². The molecule has 204 valence electrons. The second kappa shape index (κ2) is 12.0. The first-order valence-electron chi connectivity index (χ1n) is 13.7. The highest BCUT2D eigenvalue weighted by Crippen LogP contribution is 2.38. The van der Waals surface area contributed by atoms with Gasteiger partial charge >= 0.3 is 5.97 Å². The molecule has 0 spiro atoms. The number of nitrogens with zero attached hydrogens (tertiary/aromatic N) is 3. The Hall–Kier alpha value is -3.40. The number of rotatable bonds is 8. The standard InChI is InChI=1S/C28H37N5O5/c29-25-24-26(32-28(31-25)30-12-11-19-2-1-14-37-17-19)38-15-13-33(27(24)36)22-9-7-21(8-10-22)20-5-3-18(4-6-20)16-23(34)35/h7-10,18-20H,1-6,11-17H2,(H,34,35)(H3,29,30,31,32). The van der Waals surface area contributed by atoms with Gasteiger partial charge in [-0.2, -0.15) is 9.97 Å². The van der Waals surface area contributed by atoms with Crippen LogP contribution in [0, 0.1) is 11.8 Å². The topological polar surface area (TPSA) is 140 Å². The zero-order valence-electron chi connectivity index (χ0n) is 21.7. The summed E-state index contributed by atoms with van der Waals surface area (Å²) < 4.78 is 11.4. The van der Waals surface area contributed by atoms with Crippen LogP contribution in [0.5, 0.6) is 5.88 Å². The van der Waals surface area contributed by atoms with Crippen molar-refractivity contribution in [1.82, 2.24) is 9.97 Å². The van der Waals surface area contributed by atoms with Gasteiger partial charge in [-0.1, -0.05) is 12.1 Å². The summed E-state index contributed by atoms with van der Waals surface area (Å²) in [5.41, 5.74) is 8.43. The van der Waals surface area contributed by atoms with E-state index in [0.717, 1.165) is 63.8 Å². The second-order valence-electron chi connectivity index (χ2n) is 10.6. The Labute approximate surface area is 222 Å². The molecule has 3 aliphatic rings. The number of carboxylic acids is 1. The van der Waals surface area contributed by atoms with Gasteiger partial charge in [0.15, 0.2) is 0 Å². The van der Waals surface area contributed by atoms with Crippen LogP contribution >= 0.6 is 0 Å². The summed E-state index contributed by atoms with van der Waals surface area (Å²) in [4.78, 5) is 35.0. The Morgan fingerprint density at radius 1 is 1.08 bits per heavy atom. The molecule has 0 bridgehead atoms. The van der Waals surface area contributed by atoms with E-state index in [4.69, 9.17) is 20.3 Å². The van der Waals surface area contributed by atoms with Crippen molar-refractivity contribution >= 4 is 29.3 Å². The van der Waals surface area contributed by atoms with Crippen LogP contribution in [0.2, 0.25) is 0 Å². The summed E-state index contributed by atoms with van der Waals surface area (Å²) in [6.45, 7) is 3.00. The lowest BCUT2D eigenvalue weighted by atomic mass is 9.77. The Kier molecular flexibility index (Phi) is 8.26. The van der Waals surface area contributed by atoms with Crippen molar-refractivity contribution < 1.29 is 24.2 Å². The number of anilines is 3. The van der Waals surface area contributed by atoms with Crippen molar-refractivity contribution in [3.63, 3.8) is 0 Å². The van der Waals surface area contributed by atoms with Crippen molar-refractivity contribution in [3.05, 3.63) is 35.4 Å². The molecule has 0 radical (unpaired) electrons. The zero-order valence-corrected chi connectivity index (χ0v) is 21.7. The maximum atomic E-state index is 13.5. The molecule has 1 atom stereocenters. The number of carboxylic acid groups (broad SMARTS) is 1. The van der Waals surface area contributed by atoms with Gasteiger partial charge in [0.25, 0.3) is 5.91 Å². The lowest BCUT2D eigenvalue weighted by molar-refractivity contribution is -0.138. The van der Waals surface area contributed by atoms with Gasteiger partial charge in [0, 0.05) is 31.9 Å². The first kappa shape index (κ1) is 26.2. The van der Waals surface area contributed by atoms with E-state index in [0.29, 0.717) is 37.5 Å². The number of carbonyl (C=O) groups is 2. The minimum Gasteiger partial charge on any atom is -0.481 e. The number of amides is 1. The van der Waals surface area contributed by atoms with Crippen LogP contribution in [0.4, 0.5) is 17.5 Å². The van der Waals surface area contributed by atoms with Crippen LogP contribution in [0.15, 0.2) is 24.3 Å². The minimum absolute atomic E-state index is 0.102. The normalized spacial score (nSPS) is 23.7. The van der Waals surface area contributed by atoms with Crippen molar-refractivity contribution in [1.29, 1.82) is 0 Å². The smallest absolute Gasteiger partial charge is 0.303 e. The fraction of sp³-hybridized carbons (Fsp3) is 0.571. The number of aliphatic carboxylic acids is 1. The van der Waals surface area contributed by atoms with Gasteiger partial charge in [-0.05, 0) is 80.4 Å². The van der Waals surface area contributed by atoms with Crippen molar-refractivity contribution in [2.75, 3.05) is 48.9 Å². The molecule has 2 fully saturated rings. The number of ether oxygens (including phenoxy) is 2. The summed E-state index contributed by atoms with van der Waals surface area (Å²) >= 11 is 0. The highest BCUT2D eigenvalue weighted by atomic mass is 16.5. The SMILES string of the molecule is Nc1nc(NCCC2CCCOC2)nc2c1C(=O)N(c1ccc(C3CCC(CC(=O)O)CC3)cc1)CCO2. The zero-order chi connectivity index (χ0) is 26.5. The number of hydrogen-bond donors (Lipinski definition) is 3. The van der Waals surface area contributed by atoms with E-state index in [-0.39, 0.29) is 35.5 Å². The number of carbonyl (C=O) groups excluding carboxylic acids is 1. The molecule has 1 aromatic carbocycles. The average Bonchev–Trinajstić information content (AvgIpc) is 3.08. The van der Waals surface area contributed by atoms with E-state index in [1.807, 2.05) is 12.1 Å². The summed E-state index contributed by atoms with van der Waals surface area (Å²) in [6.07, 6.45) is 7.31. The summed E-state index contributed by atoms with van der Waals surface area (Å²) in [5.74, 6) is 0.900. The van der Waals surface area contributed by atoms with Gasteiger partial charge in [0.2, 0.25) is 11.8 Å². The largest absolute Gasteiger partial charge is 0.481 e. The number of nitrogen functional groups attached to an aromatic ring is 1. The van der Waals surface area contributed by atoms with Crippen LogP contribution in [-0.4, -0.2) is 59.9 Å². The number of benzene rings is 1. The lowest BCUT2D eigenvalue weighted by Gasteiger charge is -2.28. The molecule has 1 saturated carbocycles. The van der Waals surface area contributed by atoms with Crippen LogP contribution in [-0.2, 0) is 9.53 Å². The molecule has 1 amide bonds. The molecule has 4 N–H and O–H groups in total. The second-order valence-corrected chi connectivity index (χ2v) is 10.6. The van der Waals surface area contributed by atoms with E-state index in [2.05, 4.69) is 27.4 Å². The molecule has 10 heteroatoms. The molecule has 1 unspecified atom stereocenters. The Balaban J connectivity index is 1.22. The first-order valence-corrected chi connectivity index (χ1v) is 13.7. The molecular weight excluding hydrogens is 486 g/mol. The molecular formula is C28H37N5O5. The number of nitrogens with one attached hydrogen (secondary N) is 1. The molecule has 2 aromatic rings. The van der Waals surface area contributed by atoms with E-state index >= 15 is 0 Å². The summed E-state index contributed by atoms with van der Waals surface area (Å²) in [7, 11) is 0. The number of aromatic nitrogens is 2. The Bertz CT molecular complexity index is 1130. The number of hydrogen-bond acceptors (Lipinski definition) is 8. The van der Waals surface area contributed by atoms with Gasteiger partial charge in [0.1, 0.15) is 18.0 Å². The van der Waals surface area contributed by atoms with E-state index in [1.165, 1.54) is 5.56 Å². The first-order chi connectivity index (χ1) is 18.5. The van der Waals surface area contributed by atoms with Crippen LogP contribution < -0.4 is 20.7 Å². The van der Waals surface area contributed by atoms with Crippen LogP contribution in [0.3, 0.4) is 0 Å². The highest BCUT2D eigenvalue weighted by Gasteiger charge is 2.30. The predicted octanol–water partition coefficient (Wildman–Crippen LogP) is 4.08. The number of fused-ring (bicyclic) bond motifs is 1. The van der Waals surface area contributed by atoms with Gasteiger partial charge in [-0.25, -0.2) is 0 Å². The van der Waals surface area contributed by atoms with Crippen LogP contribution in [0.25, 0.3) is 0 Å². The van der Waals surface area contributed by atoms with Crippen LogP contribution in [0.1, 0.15) is 73.2 Å². The van der Waals surface area contributed by atoms with E-state index in [9.17, 15) is 9.59 Å².